The zero-order chi connectivity index (χ0) is 21.3. The molecule has 0 unspecified atom stereocenters. The van der Waals surface area contributed by atoms with Crippen molar-refractivity contribution in [3.63, 3.8) is 0 Å². The monoisotopic (exact) mass is 537 g/mol. The number of likely N-dealkylation sites (tertiary alicyclic amines) is 1. The van der Waals surface area contributed by atoms with E-state index in [2.05, 4.69) is 72.5 Å². The highest BCUT2D eigenvalue weighted by molar-refractivity contribution is 14.0. The lowest BCUT2D eigenvalue weighted by atomic mass is 10.0. The summed E-state index contributed by atoms with van der Waals surface area (Å²) >= 11 is 0. The SMILES string of the molecule is CCNC(=NCc1c(C)nn(CCOC)c1C)N1CCC(=Cc2ccccc2)CC1.I. The lowest BCUT2D eigenvalue weighted by Gasteiger charge is -2.31. The molecule has 1 N–H and O–H groups in total. The van der Waals surface area contributed by atoms with Gasteiger partial charge in [0.25, 0.3) is 0 Å². The molecule has 1 aliphatic rings. The molecule has 6 nitrogen and oxygen atoms in total. The average molecular weight is 537 g/mol. The van der Waals surface area contributed by atoms with Crippen molar-refractivity contribution >= 4 is 36.0 Å². The summed E-state index contributed by atoms with van der Waals surface area (Å²) in [7, 11) is 1.72. The minimum Gasteiger partial charge on any atom is -0.383 e. The Morgan fingerprint density at radius 1 is 1.19 bits per heavy atom. The molecular formula is C24H36IN5O. The van der Waals surface area contributed by atoms with Gasteiger partial charge in [0.05, 0.1) is 25.4 Å². The molecule has 31 heavy (non-hydrogen) atoms. The smallest absolute Gasteiger partial charge is 0.194 e. The largest absolute Gasteiger partial charge is 0.383 e. The van der Waals surface area contributed by atoms with E-state index >= 15 is 0 Å². The van der Waals surface area contributed by atoms with Gasteiger partial charge in [0, 0.05) is 38.0 Å². The molecule has 0 aliphatic carbocycles. The Bertz CT molecular complexity index is 866. The number of hydrogen-bond donors (Lipinski definition) is 1. The molecule has 0 amide bonds. The number of piperidine rings is 1. The summed E-state index contributed by atoms with van der Waals surface area (Å²) in [4.78, 5) is 7.34. The van der Waals surface area contributed by atoms with Gasteiger partial charge < -0.3 is 15.0 Å². The van der Waals surface area contributed by atoms with Crippen LogP contribution in [0.15, 0.2) is 40.9 Å². The summed E-state index contributed by atoms with van der Waals surface area (Å²) in [5.41, 5.74) is 6.24. The third kappa shape index (κ3) is 7.07. The third-order valence-electron chi connectivity index (χ3n) is 5.64. The fraction of sp³-hybridized carbons (Fsp3) is 0.500. The maximum atomic E-state index is 5.20. The number of hydrogen-bond acceptors (Lipinski definition) is 3. The predicted octanol–water partition coefficient (Wildman–Crippen LogP) is 4.41. The lowest BCUT2D eigenvalue weighted by molar-refractivity contribution is 0.182. The first kappa shape index (κ1) is 25.4. The second-order valence-corrected chi connectivity index (χ2v) is 7.74. The van der Waals surface area contributed by atoms with Crippen molar-refractivity contribution < 1.29 is 4.74 Å². The number of nitrogens with one attached hydrogen (secondary N) is 1. The van der Waals surface area contributed by atoms with Gasteiger partial charge in [-0.3, -0.25) is 4.68 Å². The minimum atomic E-state index is 0. The van der Waals surface area contributed by atoms with Crippen molar-refractivity contribution in [2.75, 3.05) is 33.4 Å². The number of aryl methyl sites for hydroxylation is 1. The molecule has 2 aromatic rings. The number of methoxy groups -OCH3 is 1. The summed E-state index contributed by atoms with van der Waals surface area (Å²) in [5.74, 6) is 1.000. The van der Waals surface area contributed by atoms with E-state index in [1.165, 1.54) is 22.4 Å². The molecule has 2 heterocycles. The van der Waals surface area contributed by atoms with Crippen LogP contribution in [0.1, 0.15) is 42.3 Å². The van der Waals surface area contributed by atoms with Crippen LogP contribution in [0.4, 0.5) is 0 Å². The molecule has 1 fully saturated rings. The molecule has 3 rings (SSSR count). The molecule has 0 atom stereocenters. The van der Waals surface area contributed by atoms with Gasteiger partial charge >= 0.3 is 0 Å². The van der Waals surface area contributed by atoms with Gasteiger partial charge in [-0.2, -0.15) is 5.10 Å². The van der Waals surface area contributed by atoms with Crippen molar-refractivity contribution in [1.82, 2.24) is 20.0 Å². The molecule has 0 spiro atoms. The van der Waals surface area contributed by atoms with E-state index in [4.69, 9.17) is 9.73 Å². The standard InChI is InChI=1S/C24H35N5O.HI/c1-5-25-24(26-18-23-19(2)27-29(20(23)3)15-16-30-4)28-13-11-22(12-14-28)17-21-9-7-6-8-10-21;/h6-10,17H,5,11-16,18H2,1-4H3,(H,25,26);1H. The fourth-order valence-corrected chi connectivity index (χ4v) is 3.87. The number of guanidine groups is 1. The first-order valence-electron chi connectivity index (χ1n) is 10.9. The van der Waals surface area contributed by atoms with E-state index in [1.807, 2.05) is 4.68 Å². The second kappa shape index (κ2) is 12.9. The van der Waals surface area contributed by atoms with Crippen LogP contribution in [0.25, 0.3) is 6.08 Å². The Hall–Kier alpha value is -1.87. The fourth-order valence-electron chi connectivity index (χ4n) is 3.87. The maximum Gasteiger partial charge on any atom is 0.194 e. The van der Waals surface area contributed by atoms with Crippen LogP contribution in [-0.4, -0.2) is 54.0 Å². The second-order valence-electron chi connectivity index (χ2n) is 7.74. The summed E-state index contributed by atoms with van der Waals surface area (Å²) in [6, 6.07) is 10.6. The molecule has 0 radical (unpaired) electrons. The highest BCUT2D eigenvalue weighted by Crippen LogP contribution is 2.20. The number of ether oxygens (including phenoxy) is 1. The number of nitrogens with zero attached hydrogens (tertiary/aromatic N) is 4. The number of rotatable bonds is 7. The third-order valence-corrected chi connectivity index (χ3v) is 5.64. The van der Waals surface area contributed by atoms with Crippen LogP contribution in [0, 0.1) is 13.8 Å². The highest BCUT2D eigenvalue weighted by atomic mass is 127. The quantitative estimate of drug-likeness (QED) is 0.323. The summed E-state index contributed by atoms with van der Waals surface area (Å²) in [6.45, 7) is 11.3. The normalized spacial score (nSPS) is 14.4. The summed E-state index contributed by atoms with van der Waals surface area (Å²) in [5, 5.41) is 8.14. The Morgan fingerprint density at radius 2 is 1.90 bits per heavy atom. The first-order valence-corrected chi connectivity index (χ1v) is 10.9. The van der Waals surface area contributed by atoms with Crippen LogP contribution in [0.3, 0.4) is 0 Å². The van der Waals surface area contributed by atoms with Crippen LogP contribution >= 0.6 is 24.0 Å². The van der Waals surface area contributed by atoms with E-state index in [0.29, 0.717) is 13.2 Å². The molecule has 1 saturated heterocycles. The molecule has 1 aromatic heterocycles. The van der Waals surface area contributed by atoms with Crippen molar-refractivity contribution in [2.24, 2.45) is 4.99 Å². The molecule has 7 heteroatoms. The van der Waals surface area contributed by atoms with E-state index in [-0.39, 0.29) is 24.0 Å². The molecule has 1 aromatic carbocycles. The Kier molecular flexibility index (Phi) is 10.5. The van der Waals surface area contributed by atoms with Gasteiger partial charge in [-0.1, -0.05) is 42.0 Å². The van der Waals surface area contributed by atoms with E-state index in [9.17, 15) is 0 Å². The Labute approximate surface area is 203 Å². The van der Waals surface area contributed by atoms with Gasteiger partial charge in [0.1, 0.15) is 0 Å². The summed E-state index contributed by atoms with van der Waals surface area (Å²) in [6.07, 6.45) is 4.49. The molecule has 1 aliphatic heterocycles. The van der Waals surface area contributed by atoms with Gasteiger partial charge in [0.2, 0.25) is 0 Å². The van der Waals surface area contributed by atoms with Crippen molar-refractivity contribution in [3.05, 3.63) is 58.4 Å². The van der Waals surface area contributed by atoms with Gasteiger partial charge in [0.15, 0.2) is 5.96 Å². The van der Waals surface area contributed by atoms with Gasteiger partial charge in [-0.15, -0.1) is 24.0 Å². The highest BCUT2D eigenvalue weighted by Gasteiger charge is 2.18. The maximum absolute atomic E-state index is 5.20. The molecule has 0 bridgehead atoms. The Balaban J connectivity index is 0.00000341. The van der Waals surface area contributed by atoms with Crippen LogP contribution < -0.4 is 5.32 Å². The Morgan fingerprint density at radius 3 is 2.55 bits per heavy atom. The van der Waals surface area contributed by atoms with Crippen molar-refractivity contribution in [3.8, 4) is 0 Å². The van der Waals surface area contributed by atoms with E-state index in [1.54, 1.807) is 7.11 Å². The van der Waals surface area contributed by atoms with E-state index in [0.717, 1.165) is 50.7 Å². The lowest BCUT2D eigenvalue weighted by Crippen LogP contribution is -2.44. The predicted molar refractivity (Wildman–Crippen MR) is 139 cm³/mol. The first-order chi connectivity index (χ1) is 14.6. The van der Waals surface area contributed by atoms with Crippen molar-refractivity contribution in [2.45, 2.75) is 46.7 Å². The van der Waals surface area contributed by atoms with Crippen LogP contribution in [-0.2, 0) is 17.8 Å². The molecule has 170 valence electrons. The topological polar surface area (TPSA) is 54.7 Å². The van der Waals surface area contributed by atoms with Crippen molar-refractivity contribution in [1.29, 1.82) is 0 Å². The zero-order valence-electron chi connectivity index (χ0n) is 19.2. The summed E-state index contributed by atoms with van der Waals surface area (Å²) < 4.78 is 7.22. The molecule has 0 saturated carbocycles. The zero-order valence-corrected chi connectivity index (χ0v) is 21.6. The number of aliphatic imine (C=N–C) groups is 1. The molecular weight excluding hydrogens is 501 g/mol. The minimum absolute atomic E-state index is 0. The number of aromatic nitrogens is 2. The number of benzene rings is 1. The van der Waals surface area contributed by atoms with Gasteiger partial charge in [-0.05, 0) is 39.2 Å². The van der Waals surface area contributed by atoms with E-state index < -0.39 is 0 Å². The van der Waals surface area contributed by atoms with Crippen LogP contribution in [0.2, 0.25) is 0 Å². The number of halogens is 1. The van der Waals surface area contributed by atoms with Crippen LogP contribution in [0.5, 0.6) is 0 Å². The van der Waals surface area contributed by atoms with Gasteiger partial charge in [-0.25, -0.2) is 4.99 Å². The average Bonchev–Trinajstić information content (AvgIpc) is 3.03.